The van der Waals surface area contributed by atoms with Crippen molar-refractivity contribution in [2.24, 2.45) is 0 Å². The van der Waals surface area contributed by atoms with Gasteiger partial charge in [0.25, 0.3) is 0 Å². The molecule has 2 heteroatoms. The molecular formula is C18H14N2. The van der Waals surface area contributed by atoms with E-state index in [1.54, 1.807) is 0 Å². The van der Waals surface area contributed by atoms with E-state index >= 15 is 0 Å². The topological polar surface area (TPSA) is 25.8 Å². The molecule has 0 N–H and O–H groups in total. The zero-order valence-corrected chi connectivity index (χ0v) is 11.1. The molecule has 2 aromatic carbocycles. The molecular weight excluding hydrogens is 244 g/mol. The molecule has 3 aromatic rings. The Labute approximate surface area is 118 Å². The van der Waals surface area contributed by atoms with Gasteiger partial charge in [0.1, 0.15) is 0 Å². The Kier molecular flexibility index (Phi) is 2.59. The van der Waals surface area contributed by atoms with Crippen LogP contribution in [0.15, 0.2) is 60.7 Å². The molecule has 0 unspecified atom stereocenters. The van der Waals surface area contributed by atoms with Gasteiger partial charge in [0.05, 0.1) is 11.4 Å². The highest BCUT2D eigenvalue weighted by atomic mass is 15.1. The van der Waals surface area contributed by atoms with Gasteiger partial charge >= 0.3 is 0 Å². The lowest BCUT2D eigenvalue weighted by Gasteiger charge is -2.18. The van der Waals surface area contributed by atoms with Crippen LogP contribution in [0, 0.1) is 0 Å². The standard InChI is InChI=1S/C18H14N2/c1-2-7-14(8-3-1)18-12-16-15-9-5-4-6-13(15)10-11-17(16)19-20-18/h1-9,12H,10-11H2. The summed E-state index contributed by atoms with van der Waals surface area (Å²) in [5.41, 5.74) is 7.13. The van der Waals surface area contributed by atoms with E-state index < -0.39 is 0 Å². The summed E-state index contributed by atoms with van der Waals surface area (Å²) >= 11 is 0. The van der Waals surface area contributed by atoms with Crippen molar-refractivity contribution in [3.63, 3.8) is 0 Å². The van der Waals surface area contributed by atoms with Gasteiger partial charge < -0.3 is 0 Å². The van der Waals surface area contributed by atoms with Crippen LogP contribution >= 0.6 is 0 Å². The van der Waals surface area contributed by atoms with Crippen LogP contribution in [0.5, 0.6) is 0 Å². The van der Waals surface area contributed by atoms with E-state index in [1.165, 1.54) is 16.7 Å². The van der Waals surface area contributed by atoms with Gasteiger partial charge in [-0.2, -0.15) is 10.2 Å². The first-order chi connectivity index (χ1) is 9.92. The van der Waals surface area contributed by atoms with Crippen LogP contribution in [-0.2, 0) is 12.8 Å². The molecule has 0 atom stereocenters. The average molecular weight is 258 g/mol. The number of nitrogens with zero attached hydrogens (tertiary/aromatic N) is 2. The van der Waals surface area contributed by atoms with Crippen molar-refractivity contribution in [2.75, 3.05) is 0 Å². The maximum absolute atomic E-state index is 4.44. The average Bonchev–Trinajstić information content (AvgIpc) is 2.55. The first-order valence-corrected chi connectivity index (χ1v) is 6.92. The van der Waals surface area contributed by atoms with Gasteiger partial charge in [-0.1, -0.05) is 54.6 Å². The summed E-state index contributed by atoms with van der Waals surface area (Å²) < 4.78 is 0. The third kappa shape index (κ3) is 1.81. The van der Waals surface area contributed by atoms with Crippen LogP contribution in [0.4, 0.5) is 0 Å². The Morgan fingerprint density at radius 3 is 2.40 bits per heavy atom. The normalized spacial score (nSPS) is 12.6. The number of aryl methyl sites for hydroxylation is 2. The Balaban J connectivity index is 1.90. The molecule has 0 bridgehead atoms. The second kappa shape index (κ2) is 4.57. The molecule has 1 aliphatic rings. The van der Waals surface area contributed by atoms with Gasteiger partial charge in [-0.15, -0.1) is 0 Å². The van der Waals surface area contributed by atoms with Gasteiger partial charge in [-0.25, -0.2) is 0 Å². The number of fused-ring (bicyclic) bond motifs is 3. The maximum Gasteiger partial charge on any atom is 0.0936 e. The first kappa shape index (κ1) is 11.4. The van der Waals surface area contributed by atoms with Crippen LogP contribution in [0.2, 0.25) is 0 Å². The van der Waals surface area contributed by atoms with Crippen LogP contribution in [0.3, 0.4) is 0 Å². The molecule has 0 radical (unpaired) electrons. The summed E-state index contributed by atoms with van der Waals surface area (Å²) in [6.45, 7) is 0. The van der Waals surface area contributed by atoms with E-state index in [9.17, 15) is 0 Å². The minimum absolute atomic E-state index is 0.945. The summed E-state index contributed by atoms with van der Waals surface area (Å²) in [6, 6.07) is 21.0. The van der Waals surface area contributed by atoms with E-state index in [-0.39, 0.29) is 0 Å². The van der Waals surface area contributed by atoms with E-state index in [1.807, 2.05) is 18.2 Å². The van der Waals surface area contributed by atoms with Gasteiger partial charge in [-0.3, -0.25) is 0 Å². The first-order valence-electron chi connectivity index (χ1n) is 6.92. The Bertz CT molecular complexity index is 763. The maximum atomic E-state index is 4.44. The molecule has 1 heterocycles. The van der Waals surface area contributed by atoms with Gasteiger partial charge in [0.2, 0.25) is 0 Å². The minimum atomic E-state index is 0.945. The van der Waals surface area contributed by atoms with Gasteiger partial charge in [0, 0.05) is 11.1 Å². The summed E-state index contributed by atoms with van der Waals surface area (Å²) in [4.78, 5) is 0. The molecule has 1 aromatic heterocycles. The summed E-state index contributed by atoms with van der Waals surface area (Å²) in [5.74, 6) is 0. The number of benzene rings is 2. The highest BCUT2D eigenvalue weighted by Gasteiger charge is 2.18. The molecule has 1 aliphatic carbocycles. The molecule has 0 spiro atoms. The Morgan fingerprint density at radius 2 is 1.50 bits per heavy atom. The quantitative estimate of drug-likeness (QED) is 0.661. The number of aromatic nitrogens is 2. The van der Waals surface area contributed by atoms with Gasteiger partial charge in [0.15, 0.2) is 0 Å². The third-order valence-corrected chi connectivity index (χ3v) is 3.88. The van der Waals surface area contributed by atoms with E-state index in [4.69, 9.17) is 0 Å². The summed E-state index contributed by atoms with van der Waals surface area (Å²) in [6.07, 6.45) is 2.04. The van der Waals surface area contributed by atoms with Crippen molar-refractivity contribution >= 4 is 0 Å². The van der Waals surface area contributed by atoms with Crippen molar-refractivity contribution in [1.29, 1.82) is 0 Å². The van der Waals surface area contributed by atoms with Crippen molar-refractivity contribution in [1.82, 2.24) is 10.2 Å². The van der Waals surface area contributed by atoms with Crippen LogP contribution < -0.4 is 0 Å². The highest BCUT2D eigenvalue weighted by Crippen LogP contribution is 2.33. The Hall–Kier alpha value is -2.48. The smallest absolute Gasteiger partial charge is 0.0936 e. The zero-order valence-electron chi connectivity index (χ0n) is 11.1. The third-order valence-electron chi connectivity index (χ3n) is 3.88. The summed E-state index contributed by atoms with van der Waals surface area (Å²) in [5, 5.41) is 8.83. The molecule has 96 valence electrons. The van der Waals surface area contributed by atoms with Crippen LogP contribution in [0.1, 0.15) is 11.3 Å². The number of hydrogen-bond donors (Lipinski definition) is 0. The molecule has 4 rings (SSSR count). The largest absolute Gasteiger partial charge is 0.154 e. The van der Waals surface area contributed by atoms with Crippen molar-refractivity contribution in [2.45, 2.75) is 12.8 Å². The van der Waals surface area contributed by atoms with E-state index in [0.717, 1.165) is 29.8 Å². The second-order valence-corrected chi connectivity index (χ2v) is 5.11. The predicted molar refractivity (Wildman–Crippen MR) is 80.3 cm³/mol. The zero-order chi connectivity index (χ0) is 13.4. The molecule has 20 heavy (non-hydrogen) atoms. The van der Waals surface area contributed by atoms with Crippen molar-refractivity contribution in [3.8, 4) is 22.4 Å². The highest BCUT2D eigenvalue weighted by molar-refractivity contribution is 5.75. The molecule has 0 aliphatic heterocycles. The molecule has 2 nitrogen and oxygen atoms in total. The van der Waals surface area contributed by atoms with Crippen LogP contribution in [0.25, 0.3) is 22.4 Å². The van der Waals surface area contributed by atoms with E-state index in [0.29, 0.717) is 0 Å². The fraction of sp³-hybridized carbons (Fsp3) is 0.111. The number of rotatable bonds is 1. The minimum Gasteiger partial charge on any atom is -0.154 e. The lowest BCUT2D eigenvalue weighted by molar-refractivity contribution is 0.848. The Morgan fingerprint density at radius 1 is 0.700 bits per heavy atom. The number of hydrogen-bond acceptors (Lipinski definition) is 2. The van der Waals surface area contributed by atoms with E-state index in [2.05, 4.69) is 52.7 Å². The fourth-order valence-electron chi connectivity index (χ4n) is 2.84. The monoisotopic (exact) mass is 258 g/mol. The lowest BCUT2D eigenvalue weighted by atomic mass is 9.88. The summed E-state index contributed by atoms with van der Waals surface area (Å²) in [7, 11) is 0. The van der Waals surface area contributed by atoms with Crippen LogP contribution in [-0.4, -0.2) is 10.2 Å². The molecule has 0 fully saturated rings. The molecule has 0 saturated carbocycles. The fourth-order valence-corrected chi connectivity index (χ4v) is 2.84. The lowest BCUT2D eigenvalue weighted by Crippen LogP contribution is -2.07. The predicted octanol–water partition coefficient (Wildman–Crippen LogP) is 3.91. The second-order valence-electron chi connectivity index (χ2n) is 5.11. The van der Waals surface area contributed by atoms with Crippen molar-refractivity contribution in [3.05, 3.63) is 71.9 Å². The SMILES string of the molecule is c1ccc(-c2cc3c(nn2)CCc2ccccc2-3)cc1. The van der Waals surface area contributed by atoms with Crippen molar-refractivity contribution < 1.29 is 0 Å². The molecule has 0 saturated heterocycles. The molecule has 0 amide bonds. The van der Waals surface area contributed by atoms with Gasteiger partial charge in [-0.05, 0) is 30.0 Å².